The lowest BCUT2D eigenvalue weighted by Gasteiger charge is -2.18. The smallest absolute Gasteiger partial charge is 0.308 e. The van der Waals surface area contributed by atoms with E-state index in [1.54, 1.807) is 20.8 Å². The Morgan fingerprint density at radius 1 is 1.29 bits per heavy atom. The molecule has 0 radical (unpaired) electrons. The van der Waals surface area contributed by atoms with Crippen molar-refractivity contribution in [3.05, 3.63) is 15.6 Å². The van der Waals surface area contributed by atoms with Crippen LogP contribution in [0.1, 0.15) is 35.8 Å². The van der Waals surface area contributed by atoms with Crippen LogP contribution in [-0.4, -0.2) is 27.1 Å². The summed E-state index contributed by atoms with van der Waals surface area (Å²) in [5, 5.41) is 18.2. The van der Waals surface area contributed by atoms with Crippen molar-refractivity contribution in [2.75, 3.05) is 0 Å². The molecule has 5 nitrogen and oxygen atoms in total. The van der Waals surface area contributed by atoms with Crippen LogP contribution in [0.15, 0.2) is 0 Å². The van der Waals surface area contributed by atoms with Crippen molar-refractivity contribution >= 4 is 23.3 Å². The average Bonchev–Trinajstić information content (AvgIpc) is 2.45. The van der Waals surface area contributed by atoms with Gasteiger partial charge in [-0.2, -0.15) is 0 Å². The van der Waals surface area contributed by atoms with E-state index in [1.165, 1.54) is 11.3 Å². The van der Waals surface area contributed by atoms with Gasteiger partial charge in [-0.1, -0.05) is 13.8 Å². The zero-order valence-corrected chi connectivity index (χ0v) is 10.8. The quantitative estimate of drug-likeness (QED) is 0.840. The Hall–Kier alpha value is -1.43. The second kappa shape index (κ2) is 4.83. The van der Waals surface area contributed by atoms with E-state index in [9.17, 15) is 9.59 Å². The van der Waals surface area contributed by atoms with Gasteiger partial charge in [-0.15, -0.1) is 11.3 Å². The van der Waals surface area contributed by atoms with Crippen LogP contribution >= 0.6 is 11.3 Å². The number of carboxylic acids is 2. The molecule has 0 aliphatic heterocycles. The number of aliphatic carboxylic acids is 2. The van der Waals surface area contributed by atoms with E-state index in [0.29, 0.717) is 15.6 Å². The Labute approximate surface area is 103 Å². The van der Waals surface area contributed by atoms with Crippen LogP contribution in [0.4, 0.5) is 0 Å². The van der Waals surface area contributed by atoms with Gasteiger partial charge < -0.3 is 10.2 Å². The van der Waals surface area contributed by atoms with Gasteiger partial charge >= 0.3 is 11.9 Å². The number of carbonyl (C=O) groups is 2. The normalized spacial score (nSPS) is 11.5. The predicted molar refractivity (Wildman–Crippen MR) is 63.5 cm³/mol. The Balaban J connectivity index is 2.99. The van der Waals surface area contributed by atoms with Crippen molar-refractivity contribution in [2.24, 2.45) is 0 Å². The van der Waals surface area contributed by atoms with Gasteiger partial charge in [0.15, 0.2) is 0 Å². The maximum Gasteiger partial charge on any atom is 0.308 e. The van der Waals surface area contributed by atoms with E-state index in [2.05, 4.69) is 4.98 Å². The summed E-state index contributed by atoms with van der Waals surface area (Å²) >= 11 is 1.28. The van der Waals surface area contributed by atoms with Crippen molar-refractivity contribution in [3.8, 4) is 0 Å². The molecule has 0 aliphatic carbocycles. The Kier molecular flexibility index (Phi) is 3.87. The van der Waals surface area contributed by atoms with E-state index in [0.717, 1.165) is 0 Å². The van der Waals surface area contributed by atoms with E-state index in [4.69, 9.17) is 10.2 Å². The molecule has 1 heterocycles. The first kappa shape index (κ1) is 13.6. The third-order valence-electron chi connectivity index (χ3n) is 2.38. The third kappa shape index (κ3) is 3.52. The first-order valence-corrected chi connectivity index (χ1v) is 5.94. The summed E-state index contributed by atoms with van der Waals surface area (Å²) in [5.74, 6) is -1.79. The van der Waals surface area contributed by atoms with Crippen molar-refractivity contribution in [3.63, 3.8) is 0 Å². The molecule has 17 heavy (non-hydrogen) atoms. The second-order valence-corrected chi connectivity index (χ2v) is 5.64. The minimum absolute atomic E-state index is 0.0214. The number of hydrogen-bond acceptors (Lipinski definition) is 4. The van der Waals surface area contributed by atoms with E-state index in [1.807, 2.05) is 0 Å². The number of hydrogen-bond donors (Lipinski definition) is 2. The molecule has 1 aromatic heterocycles. The number of carboxylic acid groups (broad SMARTS) is 2. The van der Waals surface area contributed by atoms with Crippen molar-refractivity contribution in [1.29, 1.82) is 0 Å². The molecule has 0 unspecified atom stereocenters. The lowest BCUT2D eigenvalue weighted by Crippen LogP contribution is -2.21. The molecule has 0 fully saturated rings. The van der Waals surface area contributed by atoms with Crippen LogP contribution in [0.2, 0.25) is 0 Å². The lowest BCUT2D eigenvalue weighted by atomic mass is 9.90. The largest absolute Gasteiger partial charge is 0.481 e. The first-order valence-electron chi connectivity index (χ1n) is 5.13. The Morgan fingerprint density at radius 2 is 1.88 bits per heavy atom. The molecule has 94 valence electrons. The van der Waals surface area contributed by atoms with E-state index >= 15 is 0 Å². The molecule has 2 N–H and O–H groups in total. The van der Waals surface area contributed by atoms with Crippen molar-refractivity contribution < 1.29 is 19.8 Å². The monoisotopic (exact) mass is 257 g/mol. The Morgan fingerprint density at radius 3 is 2.35 bits per heavy atom. The molecule has 1 aromatic rings. The van der Waals surface area contributed by atoms with Gasteiger partial charge in [-0.3, -0.25) is 9.59 Å². The van der Waals surface area contributed by atoms with Crippen molar-refractivity contribution in [2.45, 2.75) is 39.0 Å². The summed E-state index contributed by atoms with van der Waals surface area (Å²) in [4.78, 5) is 26.3. The minimum atomic E-state index is -0.903. The predicted octanol–water partition coefficient (Wildman–Crippen LogP) is 1.83. The highest BCUT2D eigenvalue weighted by molar-refractivity contribution is 7.12. The summed E-state index contributed by atoms with van der Waals surface area (Å²) in [5.41, 5.74) is 0.101. The van der Waals surface area contributed by atoms with Crippen LogP contribution in [0.25, 0.3) is 0 Å². The number of thiazole rings is 1. The molecule has 0 aromatic carbocycles. The third-order valence-corrected chi connectivity index (χ3v) is 3.90. The van der Waals surface area contributed by atoms with Crippen LogP contribution < -0.4 is 0 Å². The molecule has 0 amide bonds. The maximum absolute atomic E-state index is 10.7. The lowest BCUT2D eigenvalue weighted by molar-refractivity contribution is -0.138. The standard InChI is InChI=1S/C11H15NO4S/c1-6-7(4-8(13)14)17-10(12-6)11(2,3)5-9(15)16/h4-5H2,1-3H3,(H,13,14)(H,15,16). The number of aromatic nitrogens is 1. The highest BCUT2D eigenvalue weighted by atomic mass is 32.1. The first-order chi connectivity index (χ1) is 7.72. The number of aryl methyl sites for hydroxylation is 1. The topological polar surface area (TPSA) is 87.5 Å². The van der Waals surface area contributed by atoms with Crippen LogP contribution in [0.5, 0.6) is 0 Å². The zero-order valence-electron chi connectivity index (χ0n) is 9.98. The molecule has 0 bridgehead atoms. The SMILES string of the molecule is Cc1nc(C(C)(C)CC(=O)O)sc1CC(=O)O. The van der Waals surface area contributed by atoms with Gasteiger partial charge in [0.25, 0.3) is 0 Å². The van der Waals surface area contributed by atoms with Crippen LogP contribution in [0.3, 0.4) is 0 Å². The van der Waals surface area contributed by atoms with Gasteiger partial charge in [-0.05, 0) is 6.92 Å². The van der Waals surface area contributed by atoms with E-state index < -0.39 is 17.4 Å². The van der Waals surface area contributed by atoms with E-state index in [-0.39, 0.29) is 12.8 Å². The fourth-order valence-electron chi connectivity index (χ4n) is 1.47. The molecular formula is C11H15NO4S. The molecule has 6 heteroatoms. The molecule has 0 aliphatic rings. The van der Waals surface area contributed by atoms with Crippen LogP contribution in [0, 0.1) is 6.92 Å². The second-order valence-electron chi connectivity index (χ2n) is 4.55. The summed E-state index contributed by atoms with van der Waals surface area (Å²) in [7, 11) is 0. The van der Waals surface area contributed by atoms with Crippen molar-refractivity contribution in [1.82, 2.24) is 4.98 Å². The van der Waals surface area contributed by atoms with Gasteiger partial charge in [0.2, 0.25) is 0 Å². The molecule has 0 spiro atoms. The summed E-state index contributed by atoms with van der Waals surface area (Å²) in [6.07, 6.45) is -0.0842. The maximum atomic E-state index is 10.7. The highest BCUT2D eigenvalue weighted by Gasteiger charge is 2.28. The average molecular weight is 257 g/mol. The molecular weight excluding hydrogens is 242 g/mol. The molecule has 0 saturated carbocycles. The zero-order chi connectivity index (χ0) is 13.2. The fourth-order valence-corrected chi connectivity index (χ4v) is 2.63. The molecule has 0 saturated heterocycles. The van der Waals surface area contributed by atoms with Gasteiger partial charge in [-0.25, -0.2) is 4.98 Å². The molecule has 1 rings (SSSR count). The highest BCUT2D eigenvalue weighted by Crippen LogP contribution is 2.32. The van der Waals surface area contributed by atoms with Gasteiger partial charge in [0.05, 0.1) is 23.5 Å². The summed E-state index contributed by atoms with van der Waals surface area (Å²) in [6, 6.07) is 0. The molecule has 0 atom stereocenters. The Bertz CT molecular complexity index is 450. The van der Waals surface area contributed by atoms with Crippen LogP contribution in [-0.2, 0) is 21.4 Å². The summed E-state index contributed by atoms with van der Waals surface area (Å²) in [6.45, 7) is 5.34. The van der Waals surface area contributed by atoms with Gasteiger partial charge in [0.1, 0.15) is 0 Å². The minimum Gasteiger partial charge on any atom is -0.481 e. The number of rotatable bonds is 5. The number of nitrogens with zero attached hydrogens (tertiary/aromatic N) is 1. The summed E-state index contributed by atoms with van der Waals surface area (Å²) < 4.78 is 0. The fraction of sp³-hybridized carbons (Fsp3) is 0.545. The van der Waals surface area contributed by atoms with Gasteiger partial charge in [0, 0.05) is 10.3 Å².